The second-order valence-electron chi connectivity index (χ2n) is 21.4. The lowest BCUT2D eigenvalue weighted by molar-refractivity contribution is -0.149. The Morgan fingerprint density at radius 3 is 2.12 bits per heavy atom. The molecule has 0 radical (unpaired) electrons. The van der Waals surface area contributed by atoms with E-state index in [1.807, 2.05) is 10.6 Å². The lowest BCUT2D eigenvalue weighted by atomic mass is 9.96. The molecular weight excluding hydrogens is 1190 g/mol. The number of aliphatic hydroxyl groups excluding tert-OH is 8. The van der Waals surface area contributed by atoms with Crippen LogP contribution in [0.25, 0.3) is 22.6 Å². The van der Waals surface area contributed by atoms with E-state index >= 15 is 0 Å². The average Bonchev–Trinajstić information content (AvgIpc) is 2.88. The molecule has 3 fully saturated rings. The number of unbranched alkanes of at least 4 members (excludes halogenated alkanes) is 2. The molecule has 3 aliphatic heterocycles. The quantitative estimate of drug-likeness (QED) is 0.0331. The Hall–Kier alpha value is -8.38. The van der Waals surface area contributed by atoms with E-state index in [2.05, 4.69) is 32.2 Å². The number of hydrogen-bond donors (Lipinski definition) is 16. The Bertz CT molecular complexity index is 3300. The predicted octanol–water partition coefficient (Wildman–Crippen LogP) is -4.29. The van der Waals surface area contributed by atoms with E-state index in [9.17, 15) is 97.3 Å². The Morgan fingerprint density at radius 1 is 0.807 bits per heavy atom. The molecule has 3 aliphatic rings. The first kappa shape index (κ1) is 67.1. The van der Waals surface area contributed by atoms with Crippen LogP contribution in [0.1, 0.15) is 74.4 Å². The summed E-state index contributed by atoms with van der Waals surface area (Å²) in [7, 11) is -5.35. The number of fused-ring (bicyclic) bond motifs is 2. The van der Waals surface area contributed by atoms with Crippen molar-refractivity contribution in [3.63, 3.8) is 0 Å². The monoisotopic (exact) mass is 1260 g/mol. The lowest BCUT2D eigenvalue weighted by Crippen LogP contribution is -2.64. The van der Waals surface area contributed by atoms with Crippen molar-refractivity contribution < 1.29 is 111 Å². The number of primary amides is 1. The summed E-state index contributed by atoms with van der Waals surface area (Å²) in [6.07, 6.45) is -15.3. The number of benzene rings is 3. The van der Waals surface area contributed by atoms with Gasteiger partial charge in [-0.3, -0.25) is 42.9 Å². The molecule has 1 aromatic heterocycles. The van der Waals surface area contributed by atoms with Crippen molar-refractivity contribution in [2.75, 3.05) is 26.3 Å². The van der Waals surface area contributed by atoms with Gasteiger partial charge < -0.3 is 102 Å². The number of ether oxygens (including phenoxy) is 1. The van der Waals surface area contributed by atoms with Gasteiger partial charge in [0, 0.05) is 54.6 Å². The van der Waals surface area contributed by atoms with Gasteiger partial charge in [0.15, 0.2) is 23.5 Å². The molecule has 17 N–H and O–H groups in total. The molecule has 0 saturated carbocycles. The second kappa shape index (κ2) is 29.1. The van der Waals surface area contributed by atoms with Gasteiger partial charge in [-0.2, -0.15) is 8.42 Å². The van der Waals surface area contributed by atoms with Crippen LogP contribution in [-0.2, 0) is 44.0 Å². The minimum Gasteiger partial charge on any atom is -0.504 e. The molecule has 33 heteroatoms. The summed E-state index contributed by atoms with van der Waals surface area (Å²) in [5.74, 6) is -12.9. The standard InChI is InChI=1S/C55H69N9O23S/c1-3-4-5-16-85-31-13-10-27(11-14-31)39-20-32(62-86-39)26-6-8-28(9-7-26)48(74)57-33-19-38(69)51(77)61-53(79)44-45(71)25(2)22-64(44)55(81)42(37(68)21-41(56)70)59-52(78)43(47(73)46(72)29-12-15-36(67)40(17-29)87-88(82,83)84)60-50(76)35-18-30(66)23-63(35)54(80)34(24-65)58-49(33)75/h6-15,17,20,25,30,33-35,37-38,42-47,51,65-69,71-73,77H,3-5,16,18-19,21-24H2,1-2H3,(H2,56,70)(H,57,74)(H,58,75)(H,59,78)(H,60,76)(H,61,79)(H,82,83,84)/t25-,30+,33-,34-,35-,37+,38+,42-,43-,44-,45-,46-,47-,51+/m0/s1. The van der Waals surface area contributed by atoms with E-state index in [-0.39, 0.29) is 5.56 Å². The van der Waals surface area contributed by atoms with Crippen molar-refractivity contribution in [1.29, 1.82) is 0 Å². The molecule has 3 saturated heterocycles. The van der Waals surface area contributed by atoms with E-state index < -0.39 is 199 Å². The molecule has 0 aliphatic carbocycles. The second-order valence-corrected chi connectivity index (χ2v) is 22.5. The predicted molar refractivity (Wildman–Crippen MR) is 299 cm³/mol. The van der Waals surface area contributed by atoms with E-state index in [0.29, 0.717) is 56.9 Å². The van der Waals surface area contributed by atoms with Crippen LogP contribution in [0, 0.1) is 5.92 Å². The third-order valence-corrected chi connectivity index (χ3v) is 15.3. The number of amides is 8. The van der Waals surface area contributed by atoms with E-state index in [1.165, 1.54) is 31.2 Å². The first-order chi connectivity index (χ1) is 41.6. The van der Waals surface area contributed by atoms with Gasteiger partial charge in [0.25, 0.3) is 5.91 Å². The first-order valence-electron chi connectivity index (χ1n) is 27.7. The van der Waals surface area contributed by atoms with Gasteiger partial charge in [-0.05, 0) is 60.5 Å². The zero-order chi connectivity index (χ0) is 64.5. The van der Waals surface area contributed by atoms with Crippen LogP contribution in [0.4, 0.5) is 0 Å². The maximum absolute atomic E-state index is 14.6. The number of aromatic hydroxyl groups is 1. The highest BCUT2D eigenvalue weighted by Gasteiger charge is 2.50. The van der Waals surface area contributed by atoms with Crippen molar-refractivity contribution in [2.45, 2.75) is 131 Å². The number of nitrogens with zero attached hydrogens (tertiary/aromatic N) is 3. The summed E-state index contributed by atoms with van der Waals surface area (Å²) in [5.41, 5.74) is 6.16. The number of nitrogens with one attached hydrogen (secondary N) is 5. The van der Waals surface area contributed by atoms with Gasteiger partial charge in [-0.25, -0.2) is 0 Å². The van der Waals surface area contributed by atoms with Gasteiger partial charge in [-0.15, -0.1) is 0 Å². The number of hydrogen-bond acceptors (Lipinski definition) is 23. The highest BCUT2D eigenvalue weighted by Crippen LogP contribution is 2.33. The third kappa shape index (κ3) is 16.4. The molecular formula is C55H69N9O23S. The Balaban J connectivity index is 1.21. The number of phenols is 1. The van der Waals surface area contributed by atoms with Crippen molar-refractivity contribution >= 4 is 57.7 Å². The molecule has 32 nitrogen and oxygen atoms in total. The minimum absolute atomic E-state index is 0.105. The molecule has 0 bridgehead atoms. The minimum atomic E-state index is -5.35. The molecule has 8 amide bonds. The van der Waals surface area contributed by atoms with Crippen molar-refractivity contribution in [3.8, 4) is 39.8 Å². The molecule has 14 atom stereocenters. The summed E-state index contributed by atoms with van der Waals surface area (Å²) < 4.78 is 48.0. The van der Waals surface area contributed by atoms with Crippen LogP contribution in [0.15, 0.2) is 77.3 Å². The van der Waals surface area contributed by atoms with E-state index in [0.717, 1.165) is 25.3 Å². The van der Waals surface area contributed by atoms with Crippen molar-refractivity contribution in [3.05, 3.63) is 83.9 Å². The average molecular weight is 1260 g/mol. The lowest BCUT2D eigenvalue weighted by Gasteiger charge is -2.34. The van der Waals surface area contributed by atoms with Crippen LogP contribution in [0.3, 0.4) is 0 Å². The van der Waals surface area contributed by atoms with Crippen LogP contribution in [0.2, 0.25) is 0 Å². The maximum atomic E-state index is 14.6. The Labute approximate surface area is 501 Å². The van der Waals surface area contributed by atoms with Crippen LogP contribution < -0.4 is 41.2 Å². The van der Waals surface area contributed by atoms with E-state index in [4.69, 9.17) is 15.0 Å². The molecule has 3 aromatic carbocycles. The largest absolute Gasteiger partial charge is 0.504 e. The number of nitrogens with two attached hydrogens (primary N) is 1. The maximum Gasteiger partial charge on any atom is 0.446 e. The van der Waals surface area contributed by atoms with Gasteiger partial charge in [0.1, 0.15) is 66.0 Å². The van der Waals surface area contributed by atoms with Crippen LogP contribution in [-0.4, -0.2) is 220 Å². The summed E-state index contributed by atoms with van der Waals surface area (Å²) in [6, 6.07) is 3.57. The zero-order valence-electron chi connectivity index (χ0n) is 47.2. The summed E-state index contributed by atoms with van der Waals surface area (Å²) >= 11 is 0. The molecule has 4 aromatic rings. The summed E-state index contributed by atoms with van der Waals surface area (Å²) in [5, 5.41) is 115. The number of phenolic OH excluding ortho intramolecular Hbond substituents is 1. The van der Waals surface area contributed by atoms with Crippen LogP contribution in [0.5, 0.6) is 17.2 Å². The number of rotatable bonds is 18. The van der Waals surface area contributed by atoms with Gasteiger partial charge in [0.2, 0.25) is 41.4 Å². The summed E-state index contributed by atoms with van der Waals surface area (Å²) in [6.45, 7) is 1.47. The fourth-order valence-corrected chi connectivity index (χ4v) is 10.5. The first-order valence-corrected chi connectivity index (χ1v) is 29.0. The van der Waals surface area contributed by atoms with Crippen molar-refractivity contribution in [2.24, 2.45) is 11.7 Å². The number of aromatic nitrogens is 1. The normalized spacial score (nSPS) is 26.2. The fourth-order valence-electron chi connectivity index (χ4n) is 10.2. The van der Waals surface area contributed by atoms with Crippen molar-refractivity contribution in [1.82, 2.24) is 41.5 Å². The number of aliphatic hydroxyl groups is 8. The Morgan fingerprint density at radius 2 is 1.48 bits per heavy atom. The molecule has 88 heavy (non-hydrogen) atoms. The van der Waals surface area contributed by atoms with Gasteiger partial charge in [-0.1, -0.05) is 50.0 Å². The Kier molecular flexibility index (Phi) is 22.2. The molecule has 0 spiro atoms. The molecule has 0 unspecified atom stereocenters. The highest BCUT2D eigenvalue weighted by molar-refractivity contribution is 7.81. The number of carbonyl (C=O) groups is 8. The molecule has 7 rings (SSSR count). The fraction of sp³-hybridized carbons (Fsp3) is 0.473. The smallest absolute Gasteiger partial charge is 0.446 e. The van der Waals surface area contributed by atoms with Gasteiger partial charge >= 0.3 is 10.4 Å². The van der Waals surface area contributed by atoms with E-state index in [1.54, 1.807) is 30.3 Å². The molecule has 478 valence electrons. The topological polar surface area (TPSA) is 510 Å². The number of carbonyl (C=O) groups excluding carboxylic acids is 8. The van der Waals surface area contributed by atoms with Crippen LogP contribution >= 0.6 is 0 Å². The summed E-state index contributed by atoms with van der Waals surface area (Å²) in [4.78, 5) is 114. The SMILES string of the molecule is CCCCCOc1ccc(-c2cc(-c3ccc(C(=O)N[C@H]4C[C@@H](O)[C@@H](O)NC(=O)[C@@H]5[C@@H](O)[C@@H](C)CN5C(=O)[C@H]([C@H](O)CC(N)=O)NC(=O)[C@H]([C@H](O)[C@@H](O)c5ccc(O)c(OS(=O)(=O)O)c5)NC(=O)[C@@H]5C[C@@H](O)CN5C(=O)[C@H](CO)NC4=O)cc3)no2)cc1. The highest BCUT2D eigenvalue weighted by atomic mass is 32.3. The molecule has 4 heterocycles. The third-order valence-electron chi connectivity index (χ3n) is 14.9. The zero-order valence-corrected chi connectivity index (χ0v) is 48.0. The van der Waals surface area contributed by atoms with Gasteiger partial charge in [0.05, 0.1) is 37.9 Å².